The number of hydrogen-bond acceptors (Lipinski definition) is 2. The van der Waals surface area contributed by atoms with Crippen LogP contribution in [0, 0.1) is 11.8 Å². The van der Waals surface area contributed by atoms with Gasteiger partial charge in [0.05, 0.1) is 6.04 Å². The second kappa shape index (κ2) is 5.55. The van der Waals surface area contributed by atoms with Crippen molar-refractivity contribution in [3.8, 4) is 5.75 Å². The van der Waals surface area contributed by atoms with E-state index in [2.05, 4.69) is 10.1 Å². The SMILES string of the molecule is C[C@H](NC(=O)[C@@H]1C[C@H]1C)c1ccc(OC(F)F)cc1. The first-order valence-corrected chi connectivity index (χ1v) is 6.32. The Labute approximate surface area is 111 Å². The third-order valence-electron chi connectivity index (χ3n) is 3.41. The second-order valence-electron chi connectivity index (χ2n) is 5.00. The van der Waals surface area contributed by atoms with Gasteiger partial charge in [-0.05, 0) is 37.0 Å². The Morgan fingerprint density at radius 3 is 2.42 bits per heavy atom. The summed E-state index contributed by atoms with van der Waals surface area (Å²) in [5.41, 5.74) is 0.864. The van der Waals surface area contributed by atoms with E-state index in [-0.39, 0.29) is 23.6 Å². The van der Waals surface area contributed by atoms with Crippen molar-refractivity contribution >= 4 is 5.91 Å². The van der Waals surface area contributed by atoms with Crippen molar-refractivity contribution < 1.29 is 18.3 Å². The molecule has 0 aromatic heterocycles. The van der Waals surface area contributed by atoms with Crippen LogP contribution >= 0.6 is 0 Å². The maximum Gasteiger partial charge on any atom is 0.387 e. The van der Waals surface area contributed by atoms with Crippen LogP contribution in [0.4, 0.5) is 8.78 Å². The maximum absolute atomic E-state index is 12.0. The molecular weight excluding hydrogens is 252 g/mol. The van der Waals surface area contributed by atoms with E-state index in [1.165, 1.54) is 12.1 Å². The van der Waals surface area contributed by atoms with Crippen LogP contribution in [0.1, 0.15) is 31.9 Å². The van der Waals surface area contributed by atoms with Crippen LogP contribution < -0.4 is 10.1 Å². The lowest BCUT2D eigenvalue weighted by molar-refractivity contribution is -0.123. The topological polar surface area (TPSA) is 38.3 Å². The molecule has 0 spiro atoms. The van der Waals surface area contributed by atoms with E-state index in [4.69, 9.17) is 0 Å². The van der Waals surface area contributed by atoms with Gasteiger partial charge in [0.25, 0.3) is 0 Å². The second-order valence-corrected chi connectivity index (χ2v) is 5.00. The number of hydrogen-bond donors (Lipinski definition) is 1. The van der Waals surface area contributed by atoms with Crippen LogP contribution in [0.15, 0.2) is 24.3 Å². The highest BCUT2D eigenvalue weighted by atomic mass is 19.3. The van der Waals surface area contributed by atoms with E-state index in [9.17, 15) is 13.6 Å². The summed E-state index contributed by atoms with van der Waals surface area (Å²) in [6, 6.07) is 6.17. The number of halogens is 2. The minimum atomic E-state index is -2.82. The molecule has 3 nitrogen and oxygen atoms in total. The van der Waals surface area contributed by atoms with Crippen LogP contribution in [-0.4, -0.2) is 12.5 Å². The zero-order valence-corrected chi connectivity index (χ0v) is 10.9. The molecule has 1 aromatic carbocycles. The molecule has 1 aliphatic rings. The number of carbonyl (C=O) groups is 1. The van der Waals surface area contributed by atoms with Gasteiger partial charge < -0.3 is 10.1 Å². The van der Waals surface area contributed by atoms with Crippen LogP contribution in [0.5, 0.6) is 5.75 Å². The fourth-order valence-corrected chi connectivity index (χ4v) is 2.03. The lowest BCUT2D eigenvalue weighted by Gasteiger charge is -2.15. The third-order valence-corrected chi connectivity index (χ3v) is 3.41. The summed E-state index contributed by atoms with van der Waals surface area (Å²) >= 11 is 0. The number of benzene rings is 1. The molecule has 1 fully saturated rings. The van der Waals surface area contributed by atoms with Gasteiger partial charge in [0.2, 0.25) is 5.91 Å². The van der Waals surface area contributed by atoms with E-state index >= 15 is 0 Å². The smallest absolute Gasteiger partial charge is 0.387 e. The molecule has 2 rings (SSSR count). The summed E-state index contributed by atoms with van der Waals surface area (Å²) in [4.78, 5) is 11.8. The molecule has 0 unspecified atom stereocenters. The van der Waals surface area contributed by atoms with Gasteiger partial charge in [-0.2, -0.15) is 8.78 Å². The van der Waals surface area contributed by atoms with E-state index in [1.807, 2.05) is 13.8 Å². The number of rotatable bonds is 5. The van der Waals surface area contributed by atoms with Crippen molar-refractivity contribution in [2.24, 2.45) is 11.8 Å². The van der Waals surface area contributed by atoms with E-state index in [0.29, 0.717) is 5.92 Å². The van der Waals surface area contributed by atoms with Crippen molar-refractivity contribution in [2.45, 2.75) is 32.9 Å². The first-order valence-electron chi connectivity index (χ1n) is 6.32. The molecule has 104 valence electrons. The zero-order valence-electron chi connectivity index (χ0n) is 10.9. The first-order chi connectivity index (χ1) is 8.97. The molecule has 1 saturated carbocycles. The molecule has 3 atom stereocenters. The molecular formula is C14H17F2NO2. The Kier molecular flexibility index (Phi) is 4.02. The molecule has 1 amide bonds. The molecule has 19 heavy (non-hydrogen) atoms. The van der Waals surface area contributed by atoms with Crippen LogP contribution in [-0.2, 0) is 4.79 Å². The number of ether oxygens (including phenoxy) is 1. The lowest BCUT2D eigenvalue weighted by Crippen LogP contribution is -2.28. The van der Waals surface area contributed by atoms with Gasteiger partial charge in [0, 0.05) is 5.92 Å². The van der Waals surface area contributed by atoms with Crippen molar-refractivity contribution in [3.63, 3.8) is 0 Å². The number of nitrogens with one attached hydrogen (secondary N) is 1. The average Bonchev–Trinajstić information content (AvgIpc) is 3.06. The number of carbonyl (C=O) groups excluding carboxylic acids is 1. The third kappa shape index (κ3) is 3.66. The summed E-state index contributed by atoms with van der Waals surface area (Å²) in [6.45, 7) is 1.10. The molecule has 0 bridgehead atoms. The maximum atomic E-state index is 12.0. The highest BCUT2D eigenvalue weighted by molar-refractivity contribution is 5.81. The quantitative estimate of drug-likeness (QED) is 0.892. The average molecular weight is 269 g/mol. The Balaban J connectivity index is 1.91. The van der Waals surface area contributed by atoms with Gasteiger partial charge in [-0.3, -0.25) is 4.79 Å². The predicted octanol–water partition coefficient (Wildman–Crippen LogP) is 3.12. The normalized spacial score (nSPS) is 23.0. The molecule has 1 N–H and O–H groups in total. The molecule has 1 aliphatic carbocycles. The van der Waals surface area contributed by atoms with Gasteiger partial charge in [-0.25, -0.2) is 0 Å². The van der Waals surface area contributed by atoms with Crippen molar-refractivity contribution in [2.75, 3.05) is 0 Å². The van der Waals surface area contributed by atoms with Gasteiger partial charge in [0.15, 0.2) is 0 Å². The highest BCUT2D eigenvalue weighted by Crippen LogP contribution is 2.38. The van der Waals surface area contributed by atoms with Crippen molar-refractivity contribution in [3.05, 3.63) is 29.8 Å². The lowest BCUT2D eigenvalue weighted by atomic mass is 10.1. The molecule has 0 saturated heterocycles. The van der Waals surface area contributed by atoms with Gasteiger partial charge >= 0.3 is 6.61 Å². The fraction of sp³-hybridized carbons (Fsp3) is 0.500. The Morgan fingerprint density at radius 2 is 1.95 bits per heavy atom. The standard InChI is InChI=1S/C14H17F2NO2/c1-8-7-12(8)13(18)17-9(2)10-3-5-11(6-4-10)19-14(15)16/h3-6,8-9,12,14H,7H2,1-2H3,(H,17,18)/t8-,9+,12-/m1/s1. The largest absolute Gasteiger partial charge is 0.435 e. The minimum absolute atomic E-state index is 0.0629. The van der Waals surface area contributed by atoms with Gasteiger partial charge in [-0.15, -0.1) is 0 Å². The summed E-state index contributed by atoms with van der Waals surface area (Å²) < 4.78 is 28.3. The highest BCUT2D eigenvalue weighted by Gasteiger charge is 2.39. The first kappa shape index (κ1) is 13.8. The molecule has 0 radical (unpaired) electrons. The Morgan fingerprint density at radius 1 is 1.37 bits per heavy atom. The zero-order chi connectivity index (χ0) is 14.0. The monoisotopic (exact) mass is 269 g/mol. The predicted molar refractivity (Wildman–Crippen MR) is 66.9 cm³/mol. The van der Waals surface area contributed by atoms with Crippen LogP contribution in [0.3, 0.4) is 0 Å². The van der Waals surface area contributed by atoms with Gasteiger partial charge in [-0.1, -0.05) is 19.1 Å². The summed E-state index contributed by atoms with van der Waals surface area (Å²) in [7, 11) is 0. The fourth-order valence-electron chi connectivity index (χ4n) is 2.03. The van der Waals surface area contributed by atoms with Crippen LogP contribution in [0.2, 0.25) is 0 Å². The molecule has 1 aromatic rings. The number of alkyl halides is 2. The van der Waals surface area contributed by atoms with E-state index in [1.54, 1.807) is 12.1 Å². The van der Waals surface area contributed by atoms with Crippen molar-refractivity contribution in [1.82, 2.24) is 5.32 Å². The summed E-state index contributed by atoms with van der Waals surface area (Å²) in [6.07, 6.45) is 0.944. The summed E-state index contributed by atoms with van der Waals surface area (Å²) in [5, 5.41) is 2.92. The van der Waals surface area contributed by atoms with Crippen LogP contribution in [0.25, 0.3) is 0 Å². The van der Waals surface area contributed by atoms with E-state index < -0.39 is 6.61 Å². The minimum Gasteiger partial charge on any atom is -0.435 e. The van der Waals surface area contributed by atoms with Crippen molar-refractivity contribution in [1.29, 1.82) is 0 Å². The summed E-state index contributed by atoms with van der Waals surface area (Å²) in [5.74, 6) is 0.777. The van der Waals surface area contributed by atoms with E-state index in [0.717, 1.165) is 12.0 Å². The molecule has 5 heteroatoms. The molecule has 0 heterocycles. The Hall–Kier alpha value is -1.65. The van der Waals surface area contributed by atoms with Gasteiger partial charge in [0.1, 0.15) is 5.75 Å². The Bertz CT molecular complexity index is 447. The number of amides is 1. The molecule has 0 aliphatic heterocycles.